The maximum Gasteiger partial charge on any atom is 0.367 e. The van der Waals surface area contributed by atoms with Gasteiger partial charge in [-0.3, -0.25) is 4.98 Å². The van der Waals surface area contributed by atoms with Gasteiger partial charge in [0.05, 0.1) is 0 Å². The lowest BCUT2D eigenvalue weighted by Crippen LogP contribution is -2.05. The Labute approximate surface area is 47.2 Å². The van der Waals surface area contributed by atoms with Crippen molar-refractivity contribution in [2.24, 2.45) is 0 Å². The molecule has 0 saturated carbocycles. The highest BCUT2D eigenvalue weighted by Gasteiger charge is 1.92. The molecular weight excluding hydrogens is 129 g/mol. The third-order valence-electron chi connectivity index (χ3n) is 0.513. The quantitative estimate of drug-likeness (QED) is 0.396. The summed E-state index contributed by atoms with van der Waals surface area (Å²) >= 11 is 1.35. The predicted octanol–water partition coefficient (Wildman–Crippen LogP) is 0.357. The molecule has 1 aromatic rings. The maximum atomic E-state index is 11.5. The van der Waals surface area contributed by atoms with E-state index in [4.69, 9.17) is 0 Å². The van der Waals surface area contributed by atoms with Crippen molar-refractivity contribution >= 4 is 25.8 Å². The van der Waals surface area contributed by atoms with Crippen LogP contribution in [0.25, 0.3) is 0 Å². The highest BCUT2D eigenvalue weighted by Crippen LogP contribution is 1.85. The molecule has 0 N–H and O–H groups in total. The Morgan fingerprint density at radius 1 is 1.86 bits per heavy atom. The number of hydrogen-bond donors (Lipinski definition) is 0. The van der Waals surface area contributed by atoms with Crippen molar-refractivity contribution in [3.05, 3.63) is 11.6 Å². The van der Waals surface area contributed by atoms with Gasteiger partial charge >= 0.3 is 9.85 Å². The fraction of sp³-hybridized carbons (Fsp3) is 0. The first-order valence-corrected chi connectivity index (χ1v) is 3.45. The Kier molecular flexibility index (Phi) is 1.53. The van der Waals surface area contributed by atoms with Crippen LogP contribution in [0.1, 0.15) is 0 Å². The molecular formula is C3H2FNSSi. The summed E-state index contributed by atoms with van der Waals surface area (Å²) in [6, 6.07) is 0. The molecule has 1 aromatic heterocycles. The van der Waals surface area contributed by atoms with E-state index in [1.807, 2.05) is 0 Å². The number of hydrogen-bond acceptors (Lipinski definition) is 2. The third-order valence-corrected chi connectivity index (χ3v) is 1.98. The van der Waals surface area contributed by atoms with Crippen molar-refractivity contribution in [2.45, 2.75) is 0 Å². The molecule has 7 heavy (non-hydrogen) atoms. The summed E-state index contributed by atoms with van der Waals surface area (Å²) in [5.41, 5.74) is 0. The molecule has 1 nitrogen and oxygen atoms in total. The van der Waals surface area contributed by atoms with Gasteiger partial charge in [-0.2, -0.15) is 0 Å². The van der Waals surface area contributed by atoms with Crippen LogP contribution in [0.4, 0.5) is 4.11 Å². The molecule has 2 radical (unpaired) electrons. The molecule has 4 heteroatoms. The maximum absolute atomic E-state index is 11.5. The van der Waals surface area contributed by atoms with Gasteiger partial charge in [-0.25, -0.2) is 0 Å². The van der Waals surface area contributed by atoms with Crippen LogP contribution in [0.15, 0.2) is 11.6 Å². The first kappa shape index (κ1) is 4.92. The van der Waals surface area contributed by atoms with Crippen LogP contribution < -0.4 is 4.63 Å². The number of nitrogens with zero attached hydrogens (tertiary/aromatic N) is 1. The van der Waals surface area contributed by atoms with Crippen LogP contribution >= 0.6 is 11.3 Å². The zero-order valence-electron chi connectivity index (χ0n) is 3.39. The van der Waals surface area contributed by atoms with E-state index in [-0.39, 0.29) is 0 Å². The second-order valence-electron chi connectivity index (χ2n) is 0.932. The van der Waals surface area contributed by atoms with Gasteiger partial charge in [0.15, 0.2) is 0 Å². The molecule has 0 fully saturated rings. The van der Waals surface area contributed by atoms with Gasteiger partial charge in [0.25, 0.3) is 0 Å². The Bertz CT molecular complexity index is 129. The molecule has 0 aromatic carbocycles. The van der Waals surface area contributed by atoms with Gasteiger partial charge < -0.3 is 4.11 Å². The summed E-state index contributed by atoms with van der Waals surface area (Å²) in [6.45, 7) is 0. The smallest absolute Gasteiger partial charge is 0.306 e. The van der Waals surface area contributed by atoms with Gasteiger partial charge in [-0.15, -0.1) is 11.3 Å². The van der Waals surface area contributed by atoms with Crippen molar-refractivity contribution < 1.29 is 4.11 Å². The Balaban J connectivity index is 2.76. The van der Waals surface area contributed by atoms with Gasteiger partial charge in [0, 0.05) is 11.6 Å². The van der Waals surface area contributed by atoms with Crippen LogP contribution in [-0.4, -0.2) is 14.8 Å². The SMILES string of the molecule is F[Si]c1nccs1. The van der Waals surface area contributed by atoms with Crippen LogP contribution in [0, 0.1) is 0 Å². The fourth-order valence-corrected chi connectivity index (χ4v) is 1.15. The van der Waals surface area contributed by atoms with E-state index in [9.17, 15) is 4.11 Å². The van der Waals surface area contributed by atoms with E-state index in [1.54, 1.807) is 11.6 Å². The zero-order valence-corrected chi connectivity index (χ0v) is 5.20. The molecule has 0 aliphatic carbocycles. The Morgan fingerprint density at radius 2 is 2.71 bits per heavy atom. The molecule has 0 atom stereocenters. The molecule has 36 valence electrons. The highest BCUT2D eigenvalue weighted by atomic mass is 32.1. The first-order valence-electron chi connectivity index (χ1n) is 1.69. The van der Waals surface area contributed by atoms with E-state index in [2.05, 4.69) is 4.98 Å². The average Bonchev–Trinajstić information content (AvgIpc) is 2.14. The van der Waals surface area contributed by atoms with E-state index in [0.717, 1.165) is 0 Å². The van der Waals surface area contributed by atoms with Crippen molar-refractivity contribution in [1.82, 2.24) is 4.98 Å². The topological polar surface area (TPSA) is 12.9 Å². The lowest BCUT2D eigenvalue weighted by atomic mass is 11.0. The van der Waals surface area contributed by atoms with E-state index >= 15 is 0 Å². The summed E-state index contributed by atoms with van der Waals surface area (Å²) in [5.74, 6) is 0. The van der Waals surface area contributed by atoms with Gasteiger partial charge in [-0.05, 0) is 0 Å². The van der Waals surface area contributed by atoms with Crippen molar-refractivity contribution in [3.63, 3.8) is 0 Å². The average molecular weight is 131 g/mol. The molecule has 0 spiro atoms. The summed E-state index contributed by atoms with van der Waals surface area (Å²) < 4.78 is 12.1. The lowest BCUT2D eigenvalue weighted by molar-refractivity contribution is 0.884. The summed E-state index contributed by atoms with van der Waals surface area (Å²) in [6.07, 6.45) is 1.60. The molecule has 0 saturated heterocycles. The standard InChI is InChI=1S/C3H2FNSSi/c4-7-3-5-1-2-6-3/h1-2H. The summed E-state index contributed by atoms with van der Waals surface area (Å²) in [4.78, 5) is 3.69. The fourth-order valence-electron chi connectivity index (χ4n) is 0.270. The Morgan fingerprint density at radius 3 is 3.00 bits per heavy atom. The monoisotopic (exact) mass is 131 g/mol. The summed E-state index contributed by atoms with van der Waals surface area (Å²) in [5, 5.41) is 1.77. The first-order chi connectivity index (χ1) is 3.43. The molecule has 1 rings (SSSR count). The molecule has 0 aliphatic heterocycles. The van der Waals surface area contributed by atoms with Gasteiger partial charge in [-0.1, -0.05) is 0 Å². The second-order valence-corrected chi connectivity index (χ2v) is 2.85. The van der Waals surface area contributed by atoms with Gasteiger partial charge in [0.1, 0.15) is 4.63 Å². The summed E-state index contributed by atoms with van der Waals surface area (Å²) in [7, 11) is -0.638. The Hall–Kier alpha value is -0.223. The largest absolute Gasteiger partial charge is 0.367 e. The molecule has 0 bridgehead atoms. The number of thiazole rings is 1. The van der Waals surface area contributed by atoms with Crippen molar-refractivity contribution in [3.8, 4) is 0 Å². The number of halogens is 1. The minimum Gasteiger partial charge on any atom is -0.306 e. The number of aromatic nitrogens is 1. The van der Waals surface area contributed by atoms with Gasteiger partial charge in [0.2, 0.25) is 0 Å². The molecule has 0 amide bonds. The zero-order chi connectivity index (χ0) is 5.11. The minimum absolute atomic E-state index is 0.583. The predicted molar refractivity (Wildman–Crippen MR) is 28.6 cm³/mol. The van der Waals surface area contributed by atoms with Crippen LogP contribution in [-0.2, 0) is 0 Å². The highest BCUT2D eigenvalue weighted by molar-refractivity contribution is 7.18. The van der Waals surface area contributed by atoms with Crippen molar-refractivity contribution in [1.29, 1.82) is 0 Å². The van der Waals surface area contributed by atoms with E-state index in [0.29, 0.717) is 4.63 Å². The van der Waals surface area contributed by atoms with Crippen LogP contribution in [0.2, 0.25) is 0 Å². The second kappa shape index (κ2) is 2.18. The van der Waals surface area contributed by atoms with Crippen molar-refractivity contribution in [2.75, 3.05) is 0 Å². The molecule has 0 unspecified atom stereocenters. The number of rotatable bonds is 1. The van der Waals surface area contributed by atoms with Crippen LogP contribution in [0.5, 0.6) is 0 Å². The lowest BCUT2D eigenvalue weighted by Gasteiger charge is -1.70. The third kappa shape index (κ3) is 1.07. The van der Waals surface area contributed by atoms with E-state index in [1.165, 1.54) is 11.3 Å². The minimum atomic E-state index is -0.638. The van der Waals surface area contributed by atoms with E-state index < -0.39 is 9.85 Å². The normalized spacial score (nSPS) is 9.29. The van der Waals surface area contributed by atoms with Crippen LogP contribution in [0.3, 0.4) is 0 Å². The molecule has 0 aliphatic rings. The molecule has 1 heterocycles.